The summed E-state index contributed by atoms with van der Waals surface area (Å²) in [7, 11) is 1.27. The van der Waals surface area contributed by atoms with Crippen molar-refractivity contribution in [3.8, 4) is 5.82 Å². The van der Waals surface area contributed by atoms with Crippen LogP contribution in [-0.4, -0.2) is 42.8 Å². The smallest absolute Gasteiger partial charge is 0.377 e. The predicted molar refractivity (Wildman–Crippen MR) is 63.6 cm³/mol. The van der Waals surface area contributed by atoms with E-state index < -0.39 is 5.97 Å². The molecule has 0 fully saturated rings. The van der Waals surface area contributed by atoms with Gasteiger partial charge >= 0.3 is 5.97 Å². The van der Waals surface area contributed by atoms with Crippen LogP contribution in [0.2, 0.25) is 0 Å². The highest BCUT2D eigenvalue weighted by atomic mass is 16.5. The molecule has 0 aliphatic heterocycles. The molecule has 8 nitrogen and oxygen atoms in total. The van der Waals surface area contributed by atoms with Crippen molar-refractivity contribution in [1.29, 1.82) is 0 Å². The lowest BCUT2D eigenvalue weighted by atomic mass is 10.4. The van der Waals surface area contributed by atoms with E-state index in [0.29, 0.717) is 17.0 Å². The van der Waals surface area contributed by atoms with E-state index in [0.717, 1.165) is 0 Å². The molecule has 0 amide bonds. The minimum absolute atomic E-state index is 0.0245. The lowest BCUT2D eigenvalue weighted by Gasteiger charge is -2.00. The van der Waals surface area contributed by atoms with Gasteiger partial charge in [0.05, 0.1) is 7.11 Å². The van der Waals surface area contributed by atoms with Gasteiger partial charge in [-0.25, -0.2) is 24.4 Å². The Hall–Kier alpha value is -2.90. The topological polar surface area (TPSA) is 95.7 Å². The Labute approximate surface area is 107 Å². The van der Waals surface area contributed by atoms with Crippen LogP contribution >= 0.6 is 0 Å². The molecule has 0 saturated carbocycles. The number of fused-ring (bicyclic) bond motifs is 1. The van der Waals surface area contributed by atoms with Gasteiger partial charge in [0.15, 0.2) is 11.5 Å². The van der Waals surface area contributed by atoms with Crippen molar-refractivity contribution in [2.75, 3.05) is 7.11 Å². The van der Waals surface area contributed by atoms with Crippen LogP contribution in [0.5, 0.6) is 0 Å². The van der Waals surface area contributed by atoms with Gasteiger partial charge in [-0.3, -0.25) is 4.98 Å². The molecule has 0 saturated heterocycles. The Kier molecular flexibility index (Phi) is 2.60. The third kappa shape index (κ3) is 1.99. The summed E-state index contributed by atoms with van der Waals surface area (Å²) < 4.78 is 5.91. The van der Waals surface area contributed by atoms with Crippen LogP contribution in [0.4, 0.5) is 0 Å². The fourth-order valence-electron chi connectivity index (χ4n) is 1.53. The molecule has 0 unspecified atom stereocenters. The summed E-state index contributed by atoms with van der Waals surface area (Å²) >= 11 is 0. The molecule has 3 aromatic heterocycles. The molecule has 0 radical (unpaired) electrons. The number of carbonyl (C=O) groups is 1. The van der Waals surface area contributed by atoms with Crippen LogP contribution in [0, 0.1) is 0 Å². The van der Waals surface area contributed by atoms with Gasteiger partial charge in [-0.2, -0.15) is 0 Å². The van der Waals surface area contributed by atoms with E-state index in [1.807, 2.05) is 0 Å². The summed E-state index contributed by atoms with van der Waals surface area (Å²) in [5.74, 6) is -0.126. The average molecular weight is 256 g/mol. The Morgan fingerprint density at radius 3 is 2.89 bits per heavy atom. The van der Waals surface area contributed by atoms with Gasteiger partial charge in [0.1, 0.15) is 11.8 Å². The molecule has 94 valence electrons. The lowest BCUT2D eigenvalue weighted by Crippen LogP contribution is -2.06. The van der Waals surface area contributed by atoms with Crippen molar-refractivity contribution in [1.82, 2.24) is 29.7 Å². The molecule has 0 aliphatic carbocycles. The van der Waals surface area contributed by atoms with E-state index in [2.05, 4.69) is 29.8 Å². The average Bonchev–Trinajstić information content (AvgIpc) is 2.95. The Bertz CT molecular complexity index is 754. The zero-order chi connectivity index (χ0) is 13.2. The van der Waals surface area contributed by atoms with Crippen LogP contribution in [-0.2, 0) is 4.74 Å². The molecular formula is C11H8N6O2. The summed E-state index contributed by atoms with van der Waals surface area (Å²) in [6.45, 7) is 0. The highest BCUT2D eigenvalue weighted by molar-refractivity contribution is 5.84. The monoisotopic (exact) mass is 256 g/mol. The van der Waals surface area contributed by atoms with Crippen LogP contribution in [0.1, 0.15) is 10.6 Å². The van der Waals surface area contributed by atoms with E-state index in [4.69, 9.17) is 0 Å². The molecule has 0 atom stereocenters. The molecule has 0 aromatic carbocycles. The number of ether oxygens (including phenoxy) is 1. The maximum Gasteiger partial charge on any atom is 0.377 e. The largest absolute Gasteiger partial charge is 0.463 e. The van der Waals surface area contributed by atoms with Gasteiger partial charge in [-0.05, 0) is 12.1 Å². The predicted octanol–water partition coefficient (Wildman–Crippen LogP) is 0.392. The zero-order valence-corrected chi connectivity index (χ0v) is 9.89. The molecule has 0 spiro atoms. The van der Waals surface area contributed by atoms with Crippen molar-refractivity contribution in [3.63, 3.8) is 0 Å². The maximum absolute atomic E-state index is 11.3. The molecule has 3 rings (SSSR count). The number of hydrogen-bond donors (Lipinski definition) is 0. The van der Waals surface area contributed by atoms with E-state index in [9.17, 15) is 4.79 Å². The molecule has 19 heavy (non-hydrogen) atoms. The highest BCUT2D eigenvalue weighted by Crippen LogP contribution is 2.09. The van der Waals surface area contributed by atoms with Gasteiger partial charge in [0.25, 0.3) is 5.82 Å². The first-order valence-corrected chi connectivity index (χ1v) is 5.36. The molecular weight excluding hydrogens is 248 g/mol. The number of esters is 1. The SMILES string of the molecule is COC(=O)c1ncn(-c2ccc3nccnc3n2)n1. The van der Waals surface area contributed by atoms with Crippen LogP contribution in [0.3, 0.4) is 0 Å². The van der Waals surface area contributed by atoms with E-state index >= 15 is 0 Å². The molecule has 0 bridgehead atoms. The third-order valence-corrected chi connectivity index (χ3v) is 2.41. The summed E-state index contributed by atoms with van der Waals surface area (Å²) in [5.41, 5.74) is 1.18. The van der Waals surface area contributed by atoms with Gasteiger partial charge in [-0.15, -0.1) is 5.10 Å². The second-order valence-electron chi connectivity index (χ2n) is 3.57. The van der Waals surface area contributed by atoms with Gasteiger partial charge < -0.3 is 4.74 Å². The first kappa shape index (κ1) is 11.2. The fourth-order valence-corrected chi connectivity index (χ4v) is 1.53. The maximum atomic E-state index is 11.3. The number of methoxy groups -OCH3 is 1. The molecule has 0 aliphatic rings. The molecule has 8 heteroatoms. The Morgan fingerprint density at radius 1 is 1.21 bits per heavy atom. The number of nitrogens with zero attached hydrogens (tertiary/aromatic N) is 6. The van der Waals surface area contributed by atoms with Crippen molar-refractivity contribution >= 4 is 17.1 Å². The minimum Gasteiger partial charge on any atom is -0.463 e. The van der Waals surface area contributed by atoms with Crippen LogP contribution in [0.25, 0.3) is 17.0 Å². The second kappa shape index (κ2) is 4.41. The molecule has 3 heterocycles. The van der Waals surface area contributed by atoms with Crippen molar-refractivity contribution in [2.45, 2.75) is 0 Å². The third-order valence-electron chi connectivity index (χ3n) is 2.41. The first-order chi connectivity index (χ1) is 9.28. The van der Waals surface area contributed by atoms with Crippen molar-refractivity contribution < 1.29 is 9.53 Å². The summed E-state index contributed by atoms with van der Waals surface area (Å²) in [5, 5.41) is 3.98. The minimum atomic E-state index is -0.598. The van der Waals surface area contributed by atoms with Crippen LogP contribution < -0.4 is 0 Å². The van der Waals surface area contributed by atoms with E-state index in [1.165, 1.54) is 18.1 Å². The summed E-state index contributed by atoms with van der Waals surface area (Å²) in [4.78, 5) is 27.6. The fraction of sp³-hybridized carbons (Fsp3) is 0.0909. The standard InChI is InChI=1S/C11H8N6O2/c1-19-11(18)10-14-6-17(16-10)8-3-2-7-9(15-8)13-5-4-12-7/h2-6H,1H3. The normalized spacial score (nSPS) is 10.6. The molecule has 0 N–H and O–H groups in total. The van der Waals surface area contributed by atoms with Crippen molar-refractivity contribution in [2.24, 2.45) is 0 Å². The number of hydrogen-bond acceptors (Lipinski definition) is 7. The number of rotatable bonds is 2. The number of aromatic nitrogens is 6. The summed E-state index contributed by atoms with van der Waals surface area (Å²) in [6, 6.07) is 3.48. The van der Waals surface area contributed by atoms with Crippen molar-refractivity contribution in [3.05, 3.63) is 36.7 Å². The van der Waals surface area contributed by atoms with Gasteiger partial charge in [0.2, 0.25) is 0 Å². The second-order valence-corrected chi connectivity index (χ2v) is 3.57. The molecule has 3 aromatic rings. The van der Waals surface area contributed by atoms with E-state index in [-0.39, 0.29) is 5.82 Å². The van der Waals surface area contributed by atoms with Gasteiger partial charge in [0, 0.05) is 12.4 Å². The highest BCUT2D eigenvalue weighted by Gasteiger charge is 2.12. The lowest BCUT2D eigenvalue weighted by molar-refractivity contribution is 0.0587. The van der Waals surface area contributed by atoms with Gasteiger partial charge in [-0.1, -0.05) is 0 Å². The Morgan fingerprint density at radius 2 is 2.05 bits per heavy atom. The Balaban J connectivity index is 2.04. The zero-order valence-electron chi connectivity index (χ0n) is 9.89. The number of pyridine rings is 1. The quantitative estimate of drug-likeness (QED) is 0.612. The summed E-state index contributed by atoms with van der Waals surface area (Å²) in [6.07, 6.45) is 4.53. The van der Waals surface area contributed by atoms with E-state index in [1.54, 1.807) is 24.5 Å². The number of carbonyl (C=O) groups excluding carboxylic acids is 1. The van der Waals surface area contributed by atoms with Crippen LogP contribution in [0.15, 0.2) is 30.9 Å². The first-order valence-electron chi connectivity index (χ1n) is 5.36.